The maximum Gasteiger partial charge on any atom is 0.225 e. The van der Waals surface area contributed by atoms with E-state index in [-0.39, 0.29) is 0 Å². The van der Waals surface area contributed by atoms with Crippen LogP contribution in [0.3, 0.4) is 0 Å². The van der Waals surface area contributed by atoms with Crippen LogP contribution in [-0.2, 0) is 0 Å². The molecule has 6 nitrogen and oxygen atoms in total. The number of hydrogen-bond acceptors (Lipinski definition) is 6. The van der Waals surface area contributed by atoms with E-state index >= 15 is 0 Å². The van der Waals surface area contributed by atoms with E-state index in [4.69, 9.17) is 23.2 Å². The monoisotopic (exact) mass is 402 g/mol. The maximum absolute atomic E-state index is 6.09. The van der Waals surface area contributed by atoms with E-state index in [0.717, 1.165) is 30.0 Å². The lowest BCUT2D eigenvalue weighted by Gasteiger charge is -2.13. The number of hydrogen-bond donors (Lipinski definition) is 2. The fourth-order valence-corrected chi connectivity index (χ4v) is 2.95. The second-order valence-corrected chi connectivity index (χ2v) is 7.08. The van der Waals surface area contributed by atoms with Gasteiger partial charge in [0.2, 0.25) is 5.95 Å². The summed E-state index contributed by atoms with van der Waals surface area (Å²) in [6.07, 6.45) is 3.47. The van der Waals surface area contributed by atoms with Crippen LogP contribution in [-0.4, -0.2) is 47.0 Å². The van der Waals surface area contributed by atoms with Gasteiger partial charge in [-0.15, -0.1) is 0 Å². The van der Waals surface area contributed by atoms with Gasteiger partial charge in [0, 0.05) is 52.8 Å². The summed E-state index contributed by atoms with van der Waals surface area (Å²) in [5, 5.41) is 7.62. The number of halogens is 2. The number of likely N-dealkylation sites (N-methyl/N-ethyl adjacent to an activating group) is 1. The molecule has 0 unspecified atom stereocenters. The Morgan fingerprint density at radius 2 is 1.67 bits per heavy atom. The molecule has 0 saturated heterocycles. The largest absolute Gasteiger partial charge is 0.353 e. The van der Waals surface area contributed by atoms with Crippen molar-refractivity contribution >= 4 is 40.7 Å². The Labute approximate surface area is 168 Å². The van der Waals surface area contributed by atoms with Crippen molar-refractivity contribution in [1.82, 2.24) is 19.9 Å². The molecule has 0 spiro atoms. The van der Waals surface area contributed by atoms with Crippen molar-refractivity contribution in [2.45, 2.75) is 0 Å². The van der Waals surface area contributed by atoms with Crippen LogP contribution in [0.1, 0.15) is 0 Å². The molecule has 3 aromatic rings. The van der Waals surface area contributed by atoms with E-state index < -0.39 is 0 Å². The van der Waals surface area contributed by atoms with Gasteiger partial charge in [-0.3, -0.25) is 4.98 Å². The minimum atomic E-state index is 0.543. The zero-order chi connectivity index (χ0) is 19.2. The molecule has 0 amide bonds. The van der Waals surface area contributed by atoms with Crippen LogP contribution in [0.15, 0.2) is 48.8 Å². The van der Waals surface area contributed by atoms with Crippen LogP contribution in [0.25, 0.3) is 11.3 Å². The zero-order valence-corrected chi connectivity index (χ0v) is 16.6. The van der Waals surface area contributed by atoms with Crippen LogP contribution >= 0.6 is 23.2 Å². The molecule has 0 aliphatic carbocycles. The molecular formula is C19H20Cl2N6. The molecule has 0 fully saturated rings. The van der Waals surface area contributed by atoms with E-state index in [0.29, 0.717) is 21.8 Å². The van der Waals surface area contributed by atoms with Crippen LogP contribution in [0.5, 0.6) is 0 Å². The highest BCUT2D eigenvalue weighted by atomic mass is 35.5. The lowest BCUT2D eigenvalue weighted by atomic mass is 10.2. The predicted octanol–water partition coefficient (Wildman–Crippen LogP) is 4.56. The zero-order valence-electron chi connectivity index (χ0n) is 15.1. The Balaban J connectivity index is 1.91. The highest BCUT2D eigenvalue weighted by Gasteiger charge is 2.08. The van der Waals surface area contributed by atoms with E-state index in [9.17, 15) is 0 Å². The van der Waals surface area contributed by atoms with Crippen LogP contribution in [0.2, 0.25) is 10.0 Å². The van der Waals surface area contributed by atoms with Gasteiger partial charge in [-0.1, -0.05) is 23.2 Å². The minimum Gasteiger partial charge on any atom is -0.353 e. The number of rotatable bonds is 7. The first kappa shape index (κ1) is 19.4. The highest BCUT2D eigenvalue weighted by molar-refractivity contribution is 6.35. The third kappa shape index (κ3) is 5.79. The van der Waals surface area contributed by atoms with Gasteiger partial charge in [0.25, 0.3) is 0 Å². The molecule has 0 saturated carbocycles. The highest BCUT2D eigenvalue weighted by Crippen LogP contribution is 2.27. The van der Waals surface area contributed by atoms with Crippen LogP contribution in [0.4, 0.5) is 17.5 Å². The number of pyridine rings is 1. The minimum absolute atomic E-state index is 0.543. The molecule has 140 valence electrons. The number of nitrogens with one attached hydrogen (secondary N) is 2. The first-order valence-corrected chi connectivity index (χ1v) is 9.16. The molecule has 2 heterocycles. The van der Waals surface area contributed by atoms with Crippen molar-refractivity contribution in [3.05, 3.63) is 58.8 Å². The summed E-state index contributed by atoms with van der Waals surface area (Å²) >= 11 is 12.2. The van der Waals surface area contributed by atoms with Gasteiger partial charge >= 0.3 is 0 Å². The summed E-state index contributed by atoms with van der Waals surface area (Å²) in [6, 6.07) is 11.0. The van der Waals surface area contributed by atoms with Crippen molar-refractivity contribution in [2.24, 2.45) is 0 Å². The lowest BCUT2D eigenvalue weighted by Crippen LogP contribution is -2.21. The second-order valence-electron chi connectivity index (χ2n) is 6.21. The maximum atomic E-state index is 6.09. The second kappa shape index (κ2) is 8.99. The Hall–Kier alpha value is -2.41. The molecule has 2 aromatic heterocycles. The third-order valence-electron chi connectivity index (χ3n) is 3.68. The van der Waals surface area contributed by atoms with Crippen molar-refractivity contribution in [2.75, 3.05) is 37.8 Å². The molecule has 0 aliphatic heterocycles. The molecule has 27 heavy (non-hydrogen) atoms. The standard InChI is InChI=1S/C19H20Cl2N6/c1-27(2)8-7-23-19-25-17(13-3-5-22-6-4-13)12-18(26-19)24-16-10-14(20)9-15(21)11-16/h3-6,9-12H,7-8H2,1-2H3,(H2,23,24,25,26). The van der Waals surface area contributed by atoms with Crippen LogP contribution in [0, 0.1) is 0 Å². The Bertz CT molecular complexity index is 882. The van der Waals surface area contributed by atoms with E-state index in [1.165, 1.54) is 0 Å². The normalized spacial score (nSPS) is 10.9. The quantitative estimate of drug-likeness (QED) is 0.603. The fraction of sp³-hybridized carbons (Fsp3) is 0.211. The first-order chi connectivity index (χ1) is 13.0. The molecular weight excluding hydrogens is 383 g/mol. The molecule has 0 radical (unpaired) electrons. The van der Waals surface area contributed by atoms with Crippen molar-refractivity contribution in [1.29, 1.82) is 0 Å². The molecule has 0 bridgehead atoms. The smallest absolute Gasteiger partial charge is 0.225 e. The van der Waals surface area contributed by atoms with Gasteiger partial charge in [0.05, 0.1) is 5.69 Å². The topological polar surface area (TPSA) is 66.0 Å². The lowest BCUT2D eigenvalue weighted by molar-refractivity contribution is 0.425. The summed E-state index contributed by atoms with van der Waals surface area (Å²) in [4.78, 5) is 15.3. The summed E-state index contributed by atoms with van der Waals surface area (Å²) in [7, 11) is 4.04. The molecule has 8 heteroatoms. The fourth-order valence-electron chi connectivity index (χ4n) is 2.43. The van der Waals surface area contributed by atoms with E-state index in [2.05, 4.69) is 30.5 Å². The van der Waals surface area contributed by atoms with Gasteiger partial charge in [0.1, 0.15) is 5.82 Å². The number of nitrogens with zero attached hydrogens (tertiary/aromatic N) is 4. The molecule has 0 aliphatic rings. The van der Waals surface area contributed by atoms with E-state index in [1.807, 2.05) is 32.3 Å². The first-order valence-electron chi connectivity index (χ1n) is 8.41. The van der Waals surface area contributed by atoms with Gasteiger partial charge in [0.15, 0.2) is 0 Å². The summed E-state index contributed by atoms with van der Waals surface area (Å²) in [5.41, 5.74) is 2.50. The van der Waals surface area contributed by atoms with Crippen LogP contribution < -0.4 is 10.6 Å². The van der Waals surface area contributed by atoms with Gasteiger partial charge in [-0.2, -0.15) is 4.98 Å². The van der Waals surface area contributed by atoms with Gasteiger partial charge in [-0.05, 0) is 44.4 Å². The predicted molar refractivity (Wildman–Crippen MR) is 112 cm³/mol. The third-order valence-corrected chi connectivity index (χ3v) is 4.12. The Morgan fingerprint density at radius 3 is 2.33 bits per heavy atom. The van der Waals surface area contributed by atoms with E-state index in [1.54, 1.807) is 30.6 Å². The number of aromatic nitrogens is 3. The van der Waals surface area contributed by atoms with Gasteiger partial charge < -0.3 is 15.5 Å². The summed E-state index contributed by atoms with van der Waals surface area (Å²) < 4.78 is 0. The van der Waals surface area contributed by atoms with Gasteiger partial charge in [-0.25, -0.2) is 4.98 Å². The van der Waals surface area contributed by atoms with Crippen molar-refractivity contribution < 1.29 is 0 Å². The summed E-state index contributed by atoms with van der Waals surface area (Å²) in [6.45, 7) is 1.60. The van der Waals surface area contributed by atoms with Crippen molar-refractivity contribution in [3.63, 3.8) is 0 Å². The average Bonchev–Trinajstić information content (AvgIpc) is 2.61. The summed E-state index contributed by atoms with van der Waals surface area (Å²) in [5.74, 6) is 1.18. The Morgan fingerprint density at radius 1 is 0.963 bits per heavy atom. The molecule has 3 rings (SSSR count). The van der Waals surface area contributed by atoms with Crippen molar-refractivity contribution in [3.8, 4) is 11.3 Å². The molecule has 2 N–H and O–H groups in total. The molecule has 1 aromatic carbocycles. The Kier molecular flexibility index (Phi) is 6.45. The molecule has 0 atom stereocenters. The number of benzene rings is 1. The number of anilines is 3. The SMILES string of the molecule is CN(C)CCNc1nc(Nc2cc(Cl)cc(Cl)c2)cc(-c2ccncc2)n1. The average molecular weight is 403 g/mol.